The number of hydrogen-bond donors (Lipinski definition) is 1. The maximum Gasteiger partial charge on any atom is 0.171 e. The molecule has 0 aromatic carbocycles. The summed E-state index contributed by atoms with van der Waals surface area (Å²) in [4.78, 5) is 6.12. The first-order chi connectivity index (χ1) is 8.59. The zero-order valence-corrected chi connectivity index (χ0v) is 11.1. The van der Waals surface area contributed by atoms with Crippen molar-refractivity contribution in [3.63, 3.8) is 0 Å². The van der Waals surface area contributed by atoms with Crippen LogP contribution in [0.15, 0.2) is 12.3 Å². The van der Waals surface area contributed by atoms with Gasteiger partial charge in [0.15, 0.2) is 11.6 Å². The number of halogens is 1. The number of nitrogens with zero attached hydrogens (tertiary/aromatic N) is 2. The summed E-state index contributed by atoms with van der Waals surface area (Å²) >= 11 is 0. The van der Waals surface area contributed by atoms with Crippen LogP contribution >= 0.6 is 0 Å². The molecular weight excluding hydrogens is 231 g/mol. The van der Waals surface area contributed by atoms with Gasteiger partial charge in [-0.3, -0.25) is 0 Å². The van der Waals surface area contributed by atoms with Gasteiger partial charge in [0, 0.05) is 24.8 Å². The van der Waals surface area contributed by atoms with Crippen molar-refractivity contribution in [3.05, 3.63) is 23.6 Å². The summed E-state index contributed by atoms with van der Waals surface area (Å²) in [5.74, 6) is 0.0137. The van der Waals surface area contributed by atoms with E-state index in [1.165, 1.54) is 6.07 Å². The zero-order valence-electron chi connectivity index (χ0n) is 11.1. The van der Waals surface area contributed by atoms with Crippen molar-refractivity contribution in [2.24, 2.45) is 5.41 Å². The van der Waals surface area contributed by atoms with Gasteiger partial charge in [0.25, 0.3) is 0 Å². The fraction of sp³-hybridized carbons (Fsp3) is 0.643. The molecular formula is C14H21FN2O. The van der Waals surface area contributed by atoms with Gasteiger partial charge in [-0.2, -0.15) is 0 Å². The smallest absolute Gasteiger partial charge is 0.171 e. The maximum atomic E-state index is 14.1. The van der Waals surface area contributed by atoms with E-state index in [2.05, 4.69) is 18.8 Å². The molecule has 0 saturated carbocycles. The molecule has 2 rings (SSSR count). The van der Waals surface area contributed by atoms with Gasteiger partial charge in [-0.1, -0.05) is 20.3 Å². The van der Waals surface area contributed by atoms with Gasteiger partial charge in [-0.05, 0) is 24.3 Å². The van der Waals surface area contributed by atoms with Gasteiger partial charge < -0.3 is 10.0 Å². The Kier molecular flexibility index (Phi) is 3.85. The van der Waals surface area contributed by atoms with E-state index in [0.29, 0.717) is 16.8 Å². The van der Waals surface area contributed by atoms with Crippen LogP contribution in [0.5, 0.6) is 0 Å². The van der Waals surface area contributed by atoms with Crippen molar-refractivity contribution in [1.29, 1.82) is 0 Å². The van der Waals surface area contributed by atoms with Crippen LogP contribution < -0.4 is 4.90 Å². The van der Waals surface area contributed by atoms with E-state index in [0.717, 1.165) is 32.4 Å². The molecule has 100 valence electrons. The van der Waals surface area contributed by atoms with E-state index < -0.39 is 0 Å². The highest BCUT2D eigenvalue weighted by Gasteiger charge is 2.30. The summed E-state index contributed by atoms with van der Waals surface area (Å²) in [6.07, 6.45) is 4.85. The molecule has 0 spiro atoms. The normalized spacial score (nSPS) is 19.0. The lowest BCUT2D eigenvalue weighted by atomic mass is 9.78. The number of anilines is 1. The molecule has 0 atom stereocenters. The molecule has 0 bridgehead atoms. The van der Waals surface area contributed by atoms with E-state index in [1.807, 2.05) is 4.90 Å². The lowest BCUT2D eigenvalue weighted by molar-refractivity contribution is 0.236. The van der Waals surface area contributed by atoms with E-state index in [4.69, 9.17) is 5.11 Å². The molecule has 0 unspecified atom stereocenters. The topological polar surface area (TPSA) is 36.4 Å². The first-order valence-electron chi connectivity index (χ1n) is 6.59. The summed E-state index contributed by atoms with van der Waals surface area (Å²) in [6, 6.07) is 1.53. The van der Waals surface area contributed by atoms with Crippen LogP contribution in [-0.2, 0) is 6.61 Å². The van der Waals surface area contributed by atoms with E-state index in [1.54, 1.807) is 6.20 Å². The van der Waals surface area contributed by atoms with Crippen molar-refractivity contribution in [2.75, 3.05) is 18.0 Å². The Labute approximate surface area is 108 Å². The first-order valence-corrected chi connectivity index (χ1v) is 6.59. The predicted octanol–water partition coefficient (Wildman–Crippen LogP) is 2.73. The van der Waals surface area contributed by atoms with Crippen LogP contribution in [0.2, 0.25) is 0 Å². The van der Waals surface area contributed by atoms with Crippen molar-refractivity contribution in [1.82, 2.24) is 4.98 Å². The van der Waals surface area contributed by atoms with Crippen molar-refractivity contribution in [2.45, 2.75) is 39.7 Å². The average molecular weight is 252 g/mol. The minimum atomic E-state index is -0.375. The Morgan fingerprint density at radius 2 is 2.11 bits per heavy atom. The Morgan fingerprint density at radius 3 is 2.67 bits per heavy atom. The summed E-state index contributed by atoms with van der Waals surface area (Å²) in [6.45, 7) is 5.90. The van der Waals surface area contributed by atoms with Gasteiger partial charge in [0.2, 0.25) is 0 Å². The molecule has 3 nitrogen and oxygen atoms in total. The molecule has 1 N–H and O–H groups in total. The van der Waals surface area contributed by atoms with Crippen LogP contribution in [-0.4, -0.2) is 23.2 Å². The van der Waals surface area contributed by atoms with Crippen LogP contribution in [0, 0.1) is 11.2 Å². The third-order valence-corrected chi connectivity index (χ3v) is 4.24. The summed E-state index contributed by atoms with van der Waals surface area (Å²) in [7, 11) is 0. The second kappa shape index (κ2) is 5.22. The molecule has 1 aromatic heterocycles. The Morgan fingerprint density at radius 1 is 1.44 bits per heavy atom. The quantitative estimate of drug-likeness (QED) is 0.898. The van der Waals surface area contributed by atoms with Crippen LogP contribution in [0.25, 0.3) is 0 Å². The van der Waals surface area contributed by atoms with Gasteiger partial charge in [0.05, 0.1) is 6.61 Å². The number of pyridine rings is 1. The maximum absolute atomic E-state index is 14.1. The Balaban J connectivity index is 2.15. The fourth-order valence-corrected chi connectivity index (χ4v) is 2.43. The largest absolute Gasteiger partial charge is 0.392 e. The summed E-state index contributed by atoms with van der Waals surface area (Å²) in [5, 5.41) is 9.08. The van der Waals surface area contributed by atoms with E-state index in [9.17, 15) is 4.39 Å². The van der Waals surface area contributed by atoms with Crippen LogP contribution in [0.4, 0.5) is 10.2 Å². The molecule has 1 aliphatic rings. The number of piperidine rings is 1. The lowest BCUT2D eigenvalue weighted by Crippen LogP contribution is -2.39. The average Bonchev–Trinajstić information content (AvgIpc) is 2.40. The minimum absolute atomic E-state index is 0.276. The number of rotatable bonds is 3. The second-order valence-electron chi connectivity index (χ2n) is 5.42. The molecule has 18 heavy (non-hydrogen) atoms. The number of aliphatic hydroxyl groups is 1. The Bertz CT molecular complexity index is 414. The third-order valence-electron chi connectivity index (χ3n) is 4.24. The van der Waals surface area contributed by atoms with E-state index >= 15 is 0 Å². The monoisotopic (exact) mass is 252 g/mol. The molecule has 1 aliphatic heterocycles. The van der Waals surface area contributed by atoms with Gasteiger partial charge in [-0.15, -0.1) is 0 Å². The fourth-order valence-electron chi connectivity index (χ4n) is 2.43. The SMILES string of the molecule is CCC1(C)CCN(c2nccc(CO)c2F)CC1. The highest BCUT2D eigenvalue weighted by atomic mass is 19.1. The highest BCUT2D eigenvalue weighted by Crippen LogP contribution is 2.35. The molecule has 0 aliphatic carbocycles. The second-order valence-corrected chi connectivity index (χ2v) is 5.42. The van der Waals surface area contributed by atoms with Crippen LogP contribution in [0.3, 0.4) is 0 Å². The number of aromatic nitrogens is 1. The number of aliphatic hydroxyl groups excluding tert-OH is 1. The molecule has 1 aromatic rings. The van der Waals surface area contributed by atoms with Gasteiger partial charge in [-0.25, -0.2) is 9.37 Å². The summed E-state index contributed by atoms with van der Waals surface area (Å²) in [5.41, 5.74) is 0.700. The molecule has 1 fully saturated rings. The zero-order chi connectivity index (χ0) is 13.2. The first kappa shape index (κ1) is 13.3. The molecule has 2 heterocycles. The third kappa shape index (κ3) is 2.48. The van der Waals surface area contributed by atoms with Crippen molar-refractivity contribution >= 4 is 5.82 Å². The highest BCUT2D eigenvalue weighted by molar-refractivity contribution is 5.43. The standard InChI is InChI=1S/C14H21FN2O/c1-3-14(2)5-8-17(9-6-14)13-12(15)11(10-18)4-7-16-13/h4,7,18H,3,5-6,8-10H2,1-2H3. The van der Waals surface area contributed by atoms with Gasteiger partial charge >= 0.3 is 0 Å². The molecule has 0 amide bonds. The lowest BCUT2D eigenvalue weighted by Gasteiger charge is -2.39. The van der Waals surface area contributed by atoms with Crippen molar-refractivity contribution < 1.29 is 9.50 Å². The minimum Gasteiger partial charge on any atom is -0.392 e. The van der Waals surface area contributed by atoms with Crippen LogP contribution in [0.1, 0.15) is 38.7 Å². The molecule has 1 saturated heterocycles. The van der Waals surface area contributed by atoms with E-state index in [-0.39, 0.29) is 12.4 Å². The molecule has 4 heteroatoms. The van der Waals surface area contributed by atoms with Gasteiger partial charge in [0.1, 0.15) is 0 Å². The summed E-state index contributed by atoms with van der Waals surface area (Å²) < 4.78 is 14.1. The van der Waals surface area contributed by atoms with Crippen molar-refractivity contribution in [3.8, 4) is 0 Å². The Hall–Kier alpha value is -1.16. The predicted molar refractivity (Wildman–Crippen MR) is 70.0 cm³/mol. The molecule has 0 radical (unpaired) electrons. The number of hydrogen-bond acceptors (Lipinski definition) is 3.